The van der Waals surface area contributed by atoms with E-state index in [4.69, 9.17) is 5.11 Å². The van der Waals surface area contributed by atoms with Crippen LogP contribution in [0.2, 0.25) is 0 Å². The van der Waals surface area contributed by atoms with Gasteiger partial charge in [0.25, 0.3) is 0 Å². The lowest BCUT2D eigenvalue weighted by molar-refractivity contribution is -0.137. The van der Waals surface area contributed by atoms with Crippen molar-refractivity contribution in [2.24, 2.45) is 5.92 Å². The maximum absolute atomic E-state index is 10.8. The third-order valence-electron chi connectivity index (χ3n) is 1.33. The molecule has 2 nitrogen and oxygen atoms in total. The van der Waals surface area contributed by atoms with Crippen LogP contribution in [-0.2, 0) is 4.79 Å². The van der Waals surface area contributed by atoms with Crippen LogP contribution in [0.3, 0.4) is 0 Å². The minimum Gasteiger partial charge on any atom is -0.480 e. The van der Waals surface area contributed by atoms with Gasteiger partial charge in [0.05, 0.1) is 0 Å². The van der Waals surface area contributed by atoms with E-state index in [1.807, 2.05) is 34.6 Å². The molecule has 0 saturated carbocycles. The van der Waals surface area contributed by atoms with Gasteiger partial charge in [0, 0.05) is 4.75 Å². The molecule has 0 fully saturated rings. The molecule has 3 heteroatoms. The second-order valence-corrected chi connectivity index (χ2v) is 6.20. The van der Waals surface area contributed by atoms with Gasteiger partial charge >= 0.3 is 5.97 Å². The summed E-state index contributed by atoms with van der Waals surface area (Å²) in [5, 5.41) is 8.60. The fourth-order valence-corrected chi connectivity index (χ4v) is 1.99. The van der Waals surface area contributed by atoms with Gasteiger partial charge < -0.3 is 5.11 Å². The first-order chi connectivity index (χ1) is 5.24. The Morgan fingerprint density at radius 1 is 1.33 bits per heavy atom. The Hall–Kier alpha value is -0.180. The molecule has 0 aromatic rings. The number of hydrogen-bond donors (Lipinski definition) is 1. The number of thioether (sulfide) groups is 1. The molecule has 0 aliphatic rings. The van der Waals surface area contributed by atoms with Crippen molar-refractivity contribution in [2.75, 3.05) is 0 Å². The van der Waals surface area contributed by atoms with Crippen LogP contribution in [0, 0.1) is 5.92 Å². The summed E-state index contributed by atoms with van der Waals surface area (Å²) in [5.41, 5.74) is 0. The Morgan fingerprint density at radius 3 is 1.83 bits per heavy atom. The van der Waals surface area contributed by atoms with Gasteiger partial charge in [-0.05, 0) is 5.92 Å². The van der Waals surface area contributed by atoms with Crippen LogP contribution < -0.4 is 0 Å². The summed E-state index contributed by atoms with van der Waals surface area (Å²) in [6.45, 7) is 10.00. The molecule has 0 radical (unpaired) electrons. The van der Waals surface area contributed by atoms with Crippen LogP contribution in [0.4, 0.5) is 0 Å². The van der Waals surface area contributed by atoms with Crippen molar-refractivity contribution < 1.29 is 9.90 Å². The normalized spacial score (nSPS) is 14.8. The molecule has 0 heterocycles. The van der Waals surface area contributed by atoms with Crippen molar-refractivity contribution in [2.45, 2.75) is 44.6 Å². The van der Waals surface area contributed by atoms with Crippen LogP contribution in [0.25, 0.3) is 0 Å². The number of hydrogen-bond acceptors (Lipinski definition) is 2. The maximum Gasteiger partial charge on any atom is 0.316 e. The molecular formula is C9H18O2S. The third-order valence-corrected chi connectivity index (χ3v) is 3.04. The van der Waals surface area contributed by atoms with Crippen LogP contribution in [0.5, 0.6) is 0 Å². The number of carbonyl (C=O) groups is 1. The van der Waals surface area contributed by atoms with E-state index < -0.39 is 5.97 Å². The van der Waals surface area contributed by atoms with Gasteiger partial charge in [-0.1, -0.05) is 34.6 Å². The SMILES string of the molecule is CC(C)C(SC(C)(C)C)C(=O)O. The highest BCUT2D eigenvalue weighted by Crippen LogP contribution is 2.31. The maximum atomic E-state index is 10.8. The molecule has 0 aliphatic carbocycles. The summed E-state index contributed by atoms with van der Waals surface area (Å²) >= 11 is 1.52. The van der Waals surface area contributed by atoms with Crippen molar-refractivity contribution in [3.05, 3.63) is 0 Å². The molecular weight excluding hydrogens is 172 g/mol. The molecule has 0 aromatic heterocycles. The van der Waals surface area contributed by atoms with Crippen molar-refractivity contribution >= 4 is 17.7 Å². The summed E-state index contributed by atoms with van der Waals surface area (Å²) in [6, 6.07) is 0. The van der Waals surface area contributed by atoms with E-state index in [1.54, 1.807) is 0 Å². The first-order valence-electron chi connectivity index (χ1n) is 4.14. The van der Waals surface area contributed by atoms with Crippen molar-refractivity contribution in [1.29, 1.82) is 0 Å². The smallest absolute Gasteiger partial charge is 0.316 e. The zero-order chi connectivity index (χ0) is 9.94. The number of carboxylic acids is 1. The quantitative estimate of drug-likeness (QED) is 0.743. The van der Waals surface area contributed by atoms with E-state index in [0.29, 0.717) is 0 Å². The van der Waals surface area contributed by atoms with Crippen LogP contribution >= 0.6 is 11.8 Å². The Balaban J connectivity index is 4.25. The predicted octanol–water partition coefficient (Wildman–Crippen LogP) is 2.63. The van der Waals surface area contributed by atoms with Crippen LogP contribution in [0.1, 0.15) is 34.6 Å². The lowest BCUT2D eigenvalue weighted by atomic mass is 10.1. The van der Waals surface area contributed by atoms with Gasteiger partial charge in [-0.2, -0.15) is 0 Å². The second kappa shape index (κ2) is 4.17. The summed E-state index contributed by atoms with van der Waals surface area (Å²) in [7, 11) is 0. The van der Waals surface area contributed by atoms with E-state index in [0.717, 1.165) is 0 Å². The molecule has 0 saturated heterocycles. The van der Waals surface area contributed by atoms with Crippen molar-refractivity contribution in [3.63, 3.8) is 0 Å². The first kappa shape index (κ1) is 11.8. The Bertz CT molecular complexity index is 158. The highest BCUT2D eigenvalue weighted by Gasteiger charge is 2.27. The minimum absolute atomic E-state index is 0.0212. The van der Waals surface area contributed by atoms with Crippen LogP contribution in [-0.4, -0.2) is 21.1 Å². The molecule has 0 amide bonds. The Morgan fingerprint density at radius 2 is 1.75 bits per heavy atom. The van der Waals surface area contributed by atoms with Crippen LogP contribution in [0.15, 0.2) is 0 Å². The van der Waals surface area contributed by atoms with E-state index in [-0.39, 0.29) is 15.9 Å². The Labute approximate surface area is 78.7 Å². The summed E-state index contributed by atoms with van der Waals surface area (Å²) in [4.78, 5) is 10.8. The minimum atomic E-state index is -0.704. The zero-order valence-corrected chi connectivity index (χ0v) is 9.23. The van der Waals surface area contributed by atoms with Gasteiger partial charge in [-0.3, -0.25) is 4.79 Å². The molecule has 12 heavy (non-hydrogen) atoms. The Kier molecular flexibility index (Phi) is 4.11. The average molecular weight is 190 g/mol. The van der Waals surface area contributed by atoms with E-state index in [9.17, 15) is 4.79 Å². The average Bonchev–Trinajstić information content (AvgIpc) is 1.79. The van der Waals surface area contributed by atoms with Gasteiger partial charge in [0.1, 0.15) is 5.25 Å². The topological polar surface area (TPSA) is 37.3 Å². The standard InChI is InChI=1S/C9H18O2S/c1-6(2)7(8(10)11)12-9(3,4)5/h6-7H,1-5H3,(H,10,11). The molecule has 0 bridgehead atoms. The fourth-order valence-electron chi connectivity index (χ4n) is 0.853. The molecule has 0 spiro atoms. The van der Waals surface area contributed by atoms with E-state index in [1.165, 1.54) is 11.8 Å². The third kappa shape index (κ3) is 4.65. The lowest BCUT2D eigenvalue weighted by Crippen LogP contribution is -2.27. The predicted molar refractivity (Wildman–Crippen MR) is 53.6 cm³/mol. The number of rotatable bonds is 3. The van der Waals surface area contributed by atoms with E-state index >= 15 is 0 Å². The van der Waals surface area contributed by atoms with E-state index in [2.05, 4.69) is 0 Å². The molecule has 72 valence electrons. The zero-order valence-electron chi connectivity index (χ0n) is 8.42. The second-order valence-electron chi connectivity index (χ2n) is 4.23. The van der Waals surface area contributed by atoms with Crippen molar-refractivity contribution in [1.82, 2.24) is 0 Å². The van der Waals surface area contributed by atoms with Gasteiger partial charge in [-0.15, -0.1) is 11.8 Å². The highest BCUT2D eigenvalue weighted by atomic mass is 32.2. The summed E-state index contributed by atoms with van der Waals surface area (Å²) < 4.78 is 0.0212. The number of carboxylic acid groups (broad SMARTS) is 1. The molecule has 1 atom stereocenters. The molecule has 0 aromatic carbocycles. The fraction of sp³-hybridized carbons (Fsp3) is 0.889. The number of aliphatic carboxylic acids is 1. The molecule has 0 aliphatic heterocycles. The largest absolute Gasteiger partial charge is 0.480 e. The first-order valence-corrected chi connectivity index (χ1v) is 5.02. The summed E-state index contributed by atoms with van der Waals surface area (Å²) in [5.74, 6) is -0.517. The van der Waals surface area contributed by atoms with Gasteiger partial charge in [0.15, 0.2) is 0 Å². The molecule has 0 rings (SSSR count). The van der Waals surface area contributed by atoms with Crippen molar-refractivity contribution in [3.8, 4) is 0 Å². The lowest BCUT2D eigenvalue weighted by Gasteiger charge is -2.25. The molecule has 1 N–H and O–H groups in total. The summed E-state index contributed by atoms with van der Waals surface area (Å²) in [6.07, 6.45) is 0. The highest BCUT2D eigenvalue weighted by molar-refractivity contribution is 8.01. The monoisotopic (exact) mass is 190 g/mol. The van der Waals surface area contributed by atoms with Gasteiger partial charge in [0.2, 0.25) is 0 Å². The van der Waals surface area contributed by atoms with Gasteiger partial charge in [-0.25, -0.2) is 0 Å². The molecule has 1 unspecified atom stereocenters.